The van der Waals surface area contributed by atoms with E-state index >= 15 is 0 Å². The van der Waals surface area contributed by atoms with Crippen molar-refractivity contribution in [3.8, 4) is 5.75 Å². The van der Waals surface area contributed by atoms with Gasteiger partial charge < -0.3 is 20.3 Å². The molecule has 0 spiro atoms. The summed E-state index contributed by atoms with van der Waals surface area (Å²) >= 11 is 0. The molecule has 204 valence electrons. The minimum absolute atomic E-state index is 0.0885. The van der Waals surface area contributed by atoms with Crippen LogP contribution in [0, 0.1) is 12.8 Å². The lowest BCUT2D eigenvalue weighted by atomic mass is 10.0. The molecular weight excluding hydrogens is 490 g/mol. The number of para-hydroxylation sites is 1. The predicted molar refractivity (Wildman–Crippen MR) is 154 cm³/mol. The molecule has 1 atom stereocenters. The lowest BCUT2D eigenvalue weighted by Crippen LogP contribution is -2.32. The second-order valence-corrected chi connectivity index (χ2v) is 10.3. The Bertz CT molecular complexity index is 1320. The molecule has 1 aliphatic heterocycles. The fourth-order valence-corrected chi connectivity index (χ4v) is 4.74. The average Bonchev–Trinajstić information content (AvgIpc) is 3.33. The molecule has 4 rings (SSSR count). The van der Waals surface area contributed by atoms with Gasteiger partial charge in [0, 0.05) is 30.9 Å². The highest BCUT2D eigenvalue weighted by atomic mass is 16.5. The van der Waals surface area contributed by atoms with E-state index in [-0.39, 0.29) is 30.7 Å². The number of nitrogens with zero attached hydrogens (tertiary/aromatic N) is 1. The number of hydrogen-bond donors (Lipinski definition) is 2. The quantitative estimate of drug-likeness (QED) is 0.371. The number of ether oxygens (including phenoxy) is 1. The Kier molecular flexibility index (Phi) is 9.02. The molecule has 3 aromatic carbocycles. The zero-order valence-corrected chi connectivity index (χ0v) is 23.1. The number of benzene rings is 3. The molecule has 0 unspecified atom stereocenters. The summed E-state index contributed by atoms with van der Waals surface area (Å²) in [5.41, 5.74) is 5.91. The second kappa shape index (κ2) is 12.6. The number of amides is 3. The van der Waals surface area contributed by atoms with E-state index in [9.17, 15) is 14.4 Å². The zero-order chi connectivity index (χ0) is 27.9. The summed E-state index contributed by atoms with van der Waals surface area (Å²) in [4.78, 5) is 39.6. The number of anilines is 2. The highest BCUT2D eigenvalue weighted by Crippen LogP contribution is 2.27. The Balaban J connectivity index is 1.27. The first-order chi connectivity index (χ1) is 18.7. The standard InChI is InChI=1S/C32H37N3O4/c1-5-24-8-6-7-22(4)31(24)34-29(36)20-39-28-15-13-27(14-16-28)35-19-26(17-30(35)37)32(38)33-18-23-9-11-25(12-10-23)21(2)3/h6-16,21,26H,5,17-20H2,1-4H3,(H,33,38)(H,34,36)/t26-/m1/s1. The van der Waals surface area contributed by atoms with Crippen molar-refractivity contribution in [1.29, 1.82) is 0 Å². The van der Waals surface area contributed by atoms with Crippen LogP contribution in [0.4, 0.5) is 11.4 Å². The van der Waals surface area contributed by atoms with E-state index in [4.69, 9.17) is 4.74 Å². The fraction of sp³-hybridized carbons (Fsp3) is 0.344. The first kappa shape index (κ1) is 27.9. The van der Waals surface area contributed by atoms with E-state index < -0.39 is 5.92 Å². The van der Waals surface area contributed by atoms with Crippen LogP contribution in [0.3, 0.4) is 0 Å². The molecule has 7 heteroatoms. The molecule has 0 bridgehead atoms. The summed E-state index contributed by atoms with van der Waals surface area (Å²) in [5.74, 6) is 0.143. The maximum absolute atomic E-state index is 12.8. The molecule has 0 radical (unpaired) electrons. The van der Waals surface area contributed by atoms with E-state index in [1.165, 1.54) is 5.56 Å². The normalized spacial score (nSPS) is 14.9. The average molecular weight is 528 g/mol. The Labute approximate surface area is 230 Å². The van der Waals surface area contributed by atoms with Crippen LogP contribution in [-0.2, 0) is 27.3 Å². The van der Waals surface area contributed by atoms with Crippen molar-refractivity contribution in [1.82, 2.24) is 5.32 Å². The van der Waals surface area contributed by atoms with Gasteiger partial charge in [0.05, 0.1) is 5.92 Å². The molecule has 0 aliphatic carbocycles. The Morgan fingerprint density at radius 3 is 2.41 bits per heavy atom. The maximum atomic E-state index is 12.8. The number of aryl methyl sites for hydroxylation is 2. The Morgan fingerprint density at radius 2 is 1.74 bits per heavy atom. The summed E-state index contributed by atoms with van der Waals surface area (Å²) in [6.07, 6.45) is 0.999. The van der Waals surface area contributed by atoms with E-state index in [1.54, 1.807) is 29.2 Å². The van der Waals surface area contributed by atoms with Gasteiger partial charge in [-0.2, -0.15) is 0 Å². The minimum atomic E-state index is -0.401. The molecule has 1 fully saturated rings. The van der Waals surface area contributed by atoms with Gasteiger partial charge >= 0.3 is 0 Å². The Hall–Kier alpha value is -4.13. The van der Waals surface area contributed by atoms with Crippen molar-refractivity contribution in [2.45, 2.75) is 53.0 Å². The fourth-order valence-electron chi connectivity index (χ4n) is 4.74. The monoisotopic (exact) mass is 527 g/mol. The molecule has 1 saturated heterocycles. The number of nitrogens with one attached hydrogen (secondary N) is 2. The number of carbonyl (C=O) groups is 3. The summed E-state index contributed by atoms with van der Waals surface area (Å²) in [7, 11) is 0. The summed E-state index contributed by atoms with van der Waals surface area (Å²) in [6, 6.07) is 21.2. The second-order valence-electron chi connectivity index (χ2n) is 10.3. The van der Waals surface area contributed by atoms with Crippen LogP contribution in [0.2, 0.25) is 0 Å². The number of hydrogen-bond acceptors (Lipinski definition) is 4. The molecule has 39 heavy (non-hydrogen) atoms. The van der Waals surface area contributed by atoms with Crippen LogP contribution in [0.5, 0.6) is 5.75 Å². The molecule has 0 aromatic heterocycles. The van der Waals surface area contributed by atoms with Crippen molar-refractivity contribution in [3.05, 3.63) is 89.0 Å². The third-order valence-corrected chi connectivity index (χ3v) is 7.13. The van der Waals surface area contributed by atoms with Gasteiger partial charge in [-0.15, -0.1) is 0 Å². The molecule has 2 N–H and O–H groups in total. The summed E-state index contributed by atoms with van der Waals surface area (Å²) in [5, 5.41) is 5.92. The minimum Gasteiger partial charge on any atom is -0.484 e. The van der Waals surface area contributed by atoms with Crippen molar-refractivity contribution >= 4 is 29.1 Å². The summed E-state index contributed by atoms with van der Waals surface area (Å²) in [6.45, 7) is 8.95. The third-order valence-electron chi connectivity index (χ3n) is 7.13. The van der Waals surface area contributed by atoms with Crippen LogP contribution >= 0.6 is 0 Å². The topological polar surface area (TPSA) is 87.7 Å². The molecule has 1 aliphatic rings. The van der Waals surface area contributed by atoms with E-state index in [1.807, 2.05) is 37.3 Å². The highest BCUT2D eigenvalue weighted by molar-refractivity contribution is 6.00. The molecule has 0 saturated carbocycles. The number of carbonyl (C=O) groups excluding carboxylic acids is 3. The first-order valence-corrected chi connectivity index (χ1v) is 13.5. The largest absolute Gasteiger partial charge is 0.484 e. The van der Waals surface area contributed by atoms with Gasteiger partial charge in [-0.05, 0) is 65.8 Å². The van der Waals surface area contributed by atoms with Gasteiger partial charge in [-0.25, -0.2) is 0 Å². The van der Waals surface area contributed by atoms with Crippen LogP contribution < -0.4 is 20.3 Å². The molecular formula is C32H37N3O4. The van der Waals surface area contributed by atoms with Gasteiger partial charge in [0.2, 0.25) is 11.8 Å². The first-order valence-electron chi connectivity index (χ1n) is 13.5. The lowest BCUT2D eigenvalue weighted by Gasteiger charge is -2.17. The van der Waals surface area contributed by atoms with Crippen molar-refractivity contribution < 1.29 is 19.1 Å². The molecule has 3 amide bonds. The van der Waals surface area contributed by atoms with Gasteiger partial charge in [-0.1, -0.05) is 63.2 Å². The van der Waals surface area contributed by atoms with Gasteiger partial charge in [0.25, 0.3) is 5.91 Å². The van der Waals surface area contributed by atoms with Crippen molar-refractivity contribution in [2.75, 3.05) is 23.4 Å². The van der Waals surface area contributed by atoms with Crippen LogP contribution in [0.1, 0.15) is 55.4 Å². The highest BCUT2D eigenvalue weighted by Gasteiger charge is 2.35. The van der Waals surface area contributed by atoms with E-state index in [0.29, 0.717) is 30.4 Å². The third kappa shape index (κ3) is 7.05. The zero-order valence-electron chi connectivity index (χ0n) is 23.1. The molecule has 3 aromatic rings. The van der Waals surface area contributed by atoms with Crippen molar-refractivity contribution in [3.63, 3.8) is 0 Å². The molecule has 7 nitrogen and oxygen atoms in total. The molecule has 1 heterocycles. The van der Waals surface area contributed by atoms with Gasteiger partial charge in [-0.3, -0.25) is 14.4 Å². The Morgan fingerprint density at radius 1 is 1.03 bits per heavy atom. The lowest BCUT2D eigenvalue weighted by molar-refractivity contribution is -0.126. The smallest absolute Gasteiger partial charge is 0.262 e. The van der Waals surface area contributed by atoms with E-state index in [0.717, 1.165) is 28.8 Å². The predicted octanol–water partition coefficient (Wildman–Crippen LogP) is 5.37. The van der Waals surface area contributed by atoms with Gasteiger partial charge in [0.15, 0.2) is 6.61 Å². The van der Waals surface area contributed by atoms with Crippen LogP contribution in [0.15, 0.2) is 66.7 Å². The SMILES string of the molecule is CCc1cccc(C)c1NC(=O)COc1ccc(N2C[C@H](C(=O)NCc3ccc(C(C)C)cc3)CC2=O)cc1. The summed E-state index contributed by atoms with van der Waals surface area (Å²) < 4.78 is 5.67. The van der Waals surface area contributed by atoms with Gasteiger partial charge in [0.1, 0.15) is 5.75 Å². The maximum Gasteiger partial charge on any atom is 0.262 e. The van der Waals surface area contributed by atoms with Crippen molar-refractivity contribution in [2.24, 2.45) is 5.92 Å². The van der Waals surface area contributed by atoms with Crippen LogP contribution in [0.25, 0.3) is 0 Å². The van der Waals surface area contributed by atoms with Crippen LogP contribution in [-0.4, -0.2) is 30.9 Å². The van der Waals surface area contributed by atoms with E-state index in [2.05, 4.69) is 43.5 Å². The number of rotatable bonds is 10.